The van der Waals surface area contributed by atoms with E-state index < -0.39 is 37.1 Å². The van der Waals surface area contributed by atoms with Crippen molar-refractivity contribution < 1.29 is 45.3 Å². The molecule has 0 fully saturated rings. The molecule has 11 heteroatoms. The summed E-state index contributed by atoms with van der Waals surface area (Å²) in [5.41, 5.74) is 1.34. The number of aryl methyl sites for hydroxylation is 1. The Morgan fingerprint density at radius 1 is 0.833 bits per heavy atom. The molecule has 0 aliphatic rings. The van der Waals surface area contributed by atoms with Crippen molar-refractivity contribution in [3.63, 3.8) is 0 Å². The van der Waals surface area contributed by atoms with Gasteiger partial charge in [0.25, 0.3) is 0 Å². The molecule has 3 aromatic carbocycles. The zero-order chi connectivity index (χ0) is 26.5. The van der Waals surface area contributed by atoms with Crippen molar-refractivity contribution in [2.75, 3.05) is 11.4 Å². The summed E-state index contributed by atoms with van der Waals surface area (Å²) in [6.45, 7) is 0.673. The van der Waals surface area contributed by atoms with Gasteiger partial charge in [0.05, 0.1) is 6.54 Å². The van der Waals surface area contributed by atoms with E-state index >= 15 is 0 Å². The number of halogens is 7. The largest absolute Gasteiger partial charge is 0.461 e. The Labute approximate surface area is 202 Å². The van der Waals surface area contributed by atoms with Crippen molar-refractivity contribution in [1.29, 1.82) is 0 Å². The third kappa shape index (κ3) is 7.51. The molecule has 0 heterocycles. The maximum Gasteiger partial charge on any atom is 0.461 e. The highest BCUT2D eigenvalue weighted by Crippen LogP contribution is 2.31. The summed E-state index contributed by atoms with van der Waals surface area (Å²) in [4.78, 5) is 1.16. The zero-order valence-corrected chi connectivity index (χ0v) is 18.9. The lowest BCUT2D eigenvalue weighted by Crippen LogP contribution is -2.40. The van der Waals surface area contributed by atoms with E-state index in [4.69, 9.17) is 4.74 Å². The van der Waals surface area contributed by atoms with Crippen molar-refractivity contribution in [3.05, 3.63) is 83.9 Å². The van der Waals surface area contributed by atoms with Crippen LogP contribution in [0.4, 0.5) is 36.4 Å². The number of anilines is 1. The predicted molar refractivity (Wildman–Crippen MR) is 119 cm³/mol. The van der Waals surface area contributed by atoms with Crippen LogP contribution in [-0.2, 0) is 6.54 Å². The number of hydrogen-bond donors (Lipinski definition) is 1. The van der Waals surface area contributed by atoms with Gasteiger partial charge in [-0.25, -0.2) is 0 Å². The lowest BCUT2D eigenvalue weighted by atomic mass is 10.1. The first-order chi connectivity index (χ1) is 16.8. The Balaban J connectivity index is 1.88. The van der Waals surface area contributed by atoms with Crippen LogP contribution in [0.1, 0.15) is 11.1 Å². The first-order valence-electron chi connectivity index (χ1n) is 10.6. The van der Waals surface area contributed by atoms with Crippen LogP contribution in [0.2, 0.25) is 0 Å². The van der Waals surface area contributed by atoms with E-state index in [-0.39, 0.29) is 17.8 Å². The van der Waals surface area contributed by atoms with Crippen molar-refractivity contribution in [1.82, 2.24) is 0 Å². The van der Waals surface area contributed by atoms with Crippen molar-refractivity contribution >= 4 is 5.69 Å². The first kappa shape index (κ1) is 27.1. The molecule has 36 heavy (non-hydrogen) atoms. The Morgan fingerprint density at radius 3 is 2.08 bits per heavy atom. The fourth-order valence-electron chi connectivity index (χ4n) is 3.26. The van der Waals surface area contributed by atoms with E-state index in [1.165, 1.54) is 30.3 Å². The maximum atomic E-state index is 13.3. The van der Waals surface area contributed by atoms with Gasteiger partial charge in [-0.1, -0.05) is 30.3 Å². The molecule has 0 aromatic heterocycles. The van der Waals surface area contributed by atoms with Gasteiger partial charge in [0, 0.05) is 18.3 Å². The summed E-state index contributed by atoms with van der Waals surface area (Å²) in [6.07, 6.45) is -16.5. The number of aliphatic hydroxyl groups is 1. The summed E-state index contributed by atoms with van der Waals surface area (Å²) < 4.78 is 101. The van der Waals surface area contributed by atoms with Gasteiger partial charge < -0.3 is 19.5 Å². The van der Waals surface area contributed by atoms with Crippen LogP contribution in [0.5, 0.6) is 17.2 Å². The summed E-state index contributed by atoms with van der Waals surface area (Å²) in [5.74, 6) is 0.211. The van der Waals surface area contributed by atoms with E-state index in [1.54, 1.807) is 24.3 Å². The van der Waals surface area contributed by atoms with E-state index in [1.807, 2.05) is 13.0 Å². The van der Waals surface area contributed by atoms with Crippen LogP contribution in [0.3, 0.4) is 0 Å². The Bertz CT molecular complexity index is 1150. The molecule has 0 amide bonds. The number of nitrogens with zero attached hydrogens (tertiary/aromatic N) is 1. The van der Waals surface area contributed by atoms with Crippen LogP contribution in [0.15, 0.2) is 72.8 Å². The maximum absolute atomic E-state index is 13.3. The van der Waals surface area contributed by atoms with Gasteiger partial charge in [0.1, 0.15) is 17.2 Å². The second kappa shape index (κ2) is 11.1. The second-order valence-corrected chi connectivity index (χ2v) is 7.97. The molecule has 0 aliphatic heterocycles. The molecule has 1 unspecified atom stereocenters. The molecule has 0 spiro atoms. The topological polar surface area (TPSA) is 41.9 Å². The Hall–Kier alpha value is -3.47. The highest BCUT2D eigenvalue weighted by atomic mass is 19.4. The number of alkyl halides is 7. The Kier molecular flexibility index (Phi) is 8.34. The van der Waals surface area contributed by atoms with Crippen LogP contribution in [0, 0.1) is 6.92 Å². The van der Waals surface area contributed by atoms with Gasteiger partial charge in [-0.3, -0.25) is 0 Å². The van der Waals surface area contributed by atoms with Gasteiger partial charge in [-0.05, 0) is 54.4 Å². The minimum Gasteiger partial charge on any atom is -0.457 e. The molecule has 3 aromatic rings. The van der Waals surface area contributed by atoms with Gasteiger partial charge in [-0.2, -0.15) is 30.7 Å². The standard InChI is InChI=1S/C25H22F7NO3/c1-16-5-2-8-19(11-16)35-20-9-4-7-18(13-20)33(15-22(34)24(28,29)30)14-17-6-3-10-21(12-17)36-25(31,32)23(26)27/h2-13,22-23,34H,14-15H2,1H3. The van der Waals surface area contributed by atoms with E-state index in [9.17, 15) is 35.8 Å². The monoisotopic (exact) mass is 517 g/mol. The lowest BCUT2D eigenvalue weighted by molar-refractivity contribution is -0.253. The molecule has 1 atom stereocenters. The molecule has 0 radical (unpaired) electrons. The summed E-state index contributed by atoms with van der Waals surface area (Å²) in [5, 5.41) is 9.69. The van der Waals surface area contributed by atoms with Crippen LogP contribution < -0.4 is 14.4 Å². The number of hydrogen-bond acceptors (Lipinski definition) is 4. The average molecular weight is 517 g/mol. The summed E-state index contributed by atoms with van der Waals surface area (Å²) in [7, 11) is 0. The lowest BCUT2D eigenvalue weighted by Gasteiger charge is -2.29. The smallest absolute Gasteiger partial charge is 0.457 e. The fourth-order valence-corrected chi connectivity index (χ4v) is 3.26. The number of ether oxygens (including phenoxy) is 2. The average Bonchev–Trinajstić information content (AvgIpc) is 2.78. The molecule has 0 bridgehead atoms. The van der Waals surface area contributed by atoms with E-state index in [2.05, 4.69) is 4.74 Å². The summed E-state index contributed by atoms with van der Waals surface area (Å²) in [6, 6.07) is 17.8. The molecule has 4 nitrogen and oxygen atoms in total. The van der Waals surface area contributed by atoms with E-state index in [0.29, 0.717) is 11.5 Å². The molecule has 194 valence electrons. The van der Waals surface area contributed by atoms with Crippen LogP contribution in [-0.4, -0.2) is 36.5 Å². The quantitative estimate of drug-likeness (QED) is 0.296. The van der Waals surface area contributed by atoms with Gasteiger partial charge >= 0.3 is 18.7 Å². The Morgan fingerprint density at radius 2 is 1.44 bits per heavy atom. The molecular weight excluding hydrogens is 495 g/mol. The normalized spacial score (nSPS) is 12.9. The molecule has 1 N–H and O–H groups in total. The zero-order valence-electron chi connectivity index (χ0n) is 18.9. The number of benzene rings is 3. The highest BCUT2D eigenvalue weighted by molar-refractivity contribution is 5.52. The van der Waals surface area contributed by atoms with Crippen molar-refractivity contribution in [2.24, 2.45) is 0 Å². The van der Waals surface area contributed by atoms with Crippen LogP contribution in [0.25, 0.3) is 0 Å². The summed E-state index contributed by atoms with van der Waals surface area (Å²) >= 11 is 0. The number of aliphatic hydroxyl groups excluding tert-OH is 1. The molecular formula is C25H22F7NO3. The highest BCUT2D eigenvalue weighted by Gasteiger charge is 2.44. The minimum atomic E-state index is -4.92. The van der Waals surface area contributed by atoms with Crippen molar-refractivity contribution in [3.8, 4) is 17.2 Å². The second-order valence-electron chi connectivity index (χ2n) is 7.97. The SMILES string of the molecule is Cc1cccc(Oc2cccc(N(Cc3cccc(OC(F)(F)C(F)F)c3)CC(O)C(F)(F)F)c2)c1. The molecule has 0 aliphatic carbocycles. The van der Waals surface area contributed by atoms with Crippen molar-refractivity contribution in [2.45, 2.75) is 38.3 Å². The van der Waals surface area contributed by atoms with Crippen LogP contribution >= 0.6 is 0 Å². The molecule has 0 saturated carbocycles. The third-order valence-electron chi connectivity index (χ3n) is 4.96. The van der Waals surface area contributed by atoms with Gasteiger partial charge in [0.2, 0.25) is 0 Å². The number of rotatable bonds is 10. The first-order valence-corrected chi connectivity index (χ1v) is 10.6. The third-order valence-corrected chi connectivity index (χ3v) is 4.96. The minimum absolute atomic E-state index is 0.178. The van der Waals surface area contributed by atoms with Gasteiger partial charge in [-0.15, -0.1) is 0 Å². The molecule has 0 saturated heterocycles. The fraction of sp³-hybridized carbons (Fsp3) is 0.280. The predicted octanol–water partition coefficient (Wildman–Crippen LogP) is 6.95. The van der Waals surface area contributed by atoms with E-state index in [0.717, 1.165) is 22.6 Å². The van der Waals surface area contributed by atoms with Gasteiger partial charge in [0.15, 0.2) is 6.10 Å². The molecule has 3 rings (SSSR count).